The molecule has 1 heterocycles. The molecule has 4 heteroatoms. The molecule has 110 valence electrons. The molecule has 1 saturated carbocycles. The van der Waals surface area contributed by atoms with Crippen LogP contribution in [0.2, 0.25) is 0 Å². The smallest absolute Gasteiger partial charge is 0.220 e. The molecular formula is C17H21N3O. The Hall–Kier alpha value is -1.94. The van der Waals surface area contributed by atoms with Gasteiger partial charge in [0.2, 0.25) is 5.91 Å². The fraction of sp³-hybridized carbons (Fsp3) is 0.412. The molecule has 0 atom stereocenters. The standard InChI is InChI=1S/C17H21N3O/c21-17(20-15-7-8-15)6-3-9-18-11-14-12-19-10-13-4-1-2-5-16(13)14/h1-2,4-5,10,12,15,18H,3,6-9,11H2,(H,20,21). The van der Waals surface area contributed by atoms with Gasteiger partial charge >= 0.3 is 0 Å². The van der Waals surface area contributed by atoms with Crippen LogP contribution in [0.4, 0.5) is 0 Å². The van der Waals surface area contributed by atoms with Crippen LogP contribution in [0.15, 0.2) is 36.7 Å². The van der Waals surface area contributed by atoms with Crippen molar-refractivity contribution < 1.29 is 4.79 Å². The van der Waals surface area contributed by atoms with E-state index < -0.39 is 0 Å². The Kier molecular flexibility index (Phi) is 4.46. The number of carbonyl (C=O) groups is 1. The molecule has 1 aliphatic rings. The molecule has 0 radical (unpaired) electrons. The van der Waals surface area contributed by atoms with Crippen molar-refractivity contribution in [2.45, 2.75) is 38.3 Å². The number of rotatable bonds is 7. The minimum Gasteiger partial charge on any atom is -0.353 e. The highest BCUT2D eigenvalue weighted by atomic mass is 16.1. The summed E-state index contributed by atoms with van der Waals surface area (Å²) in [6.45, 7) is 1.64. The highest BCUT2D eigenvalue weighted by Gasteiger charge is 2.22. The SMILES string of the molecule is O=C(CCCNCc1cncc2ccccc12)NC1CC1. The third-order valence-corrected chi connectivity index (χ3v) is 3.77. The number of aromatic nitrogens is 1. The van der Waals surface area contributed by atoms with Crippen LogP contribution in [0.1, 0.15) is 31.2 Å². The lowest BCUT2D eigenvalue weighted by Crippen LogP contribution is -2.26. The van der Waals surface area contributed by atoms with Crippen LogP contribution in [-0.2, 0) is 11.3 Å². The summed E-state index contributed by atoms with van der Waals surface area (Å²) in [5.74, 6) is 0.186. The summed E-state index contributed by atoms with van der Waals surface area (Å²) < 4.78 is 0. The van der Waals surface area contributed by atoms with Crippen molar-refractivity contribution in [2.75, 3.05) is 6.54 Å². The monoisotopic (exact) mass is 283 g/mol. The number of hydrogen-bond acceptors (Lipinski definition) is 3. The third kappa shape index (κ3) is 4.02. The molecule has 3 rings (SSSR count). The van der Waals surface area contributed by atoms with Gasteiger partial charge < -0.3 is 10.6 Å². The van der Waals surface area contributed by atoms with Crippen molar-refractivity contribution in [1.29, 1.82) is 0 Å². The van der Waals surface area contributed by atoms with E-state index in [1.54, 1.807) is 0 Å². The lowest BCUT2D eigenvalue weighted by molar-refractivity contribution is -0.121. The Morgan fingerprint density at radius 3 is 2.95 bits per heavy atom. The van der Waals surface area contributed by atoms with Gasteiger partial charge in [0.05, 0.1) is 0 Å². The van der Waals surface area contributed by atoms with Gasteiger partial charge in [0, 0.05) is 36.8 Å². The van der Waals surface area contributed by atoms with Gasteiger partial charge in [-0.25, -0.2) is 0 Å². The van der Waals surface area contributed by atoms with Crippen LogP contribution in [0, 0.1) is 0 Å². The second-order valence-electron chi connectivity index (χ2n) is 5.64. The van der Waals surface area contributed by atoms with Crippen LogP contribution in [-0.4, -0.2) is 23.5 Å². The first-order valence-corrected chi connectivity index (χ1v) is 7.64. The van der Waals surface area contributed by atoms with E-state index in [9.17, 15) is 4.79 Å². The topological polar surface area (TPSA) is 54.0 Å². The second kappa shape index (κ2) is 6.68. The number of nitrogens with zero attached hydrogens (tertiary/aromatic N) is 1. The van der Waals surface area contributed by atoms with E-state index in [1.165, 1.54) is 16.3 Å². The van der Waals surface area contributed by atoms with Gasteiger partial charge in [0.25, 0.3) is 0 Å². The first kappa shape index (κ1) is 14.0. The Labute approximate surface area is 125 Å². The minimum absolute atomic E-state index is 0.186. The highest BCUT2D eigenvalue weighted by molar-refractivity contribution is 5.84. The zero-order valence-electron chi connectivity index (χ0n) is 12.1. The molecule has 0 spiro atoms. The number of fused-ring (bicyclic) bond motifs is 1. The lowest BCUT2D eigenvalue weighted by atomic mass is 10.1. The summed E-state index contributed by atoms with van der Waals surface area (Å²) in [6.07, 6.45) is 7.58. The quantitative estimate of drug-likeness (QED) is 0.767. The first-order chi connectivity index (χ1) is 10.3. The molecule has 4 nitrogen and oxygen atoms in total. The number of hydrogen-bond donors (Lipinski definition) is 2. The molecule has 0 unspecified atom stereocenters. The maximum Gasteiger partial charge on any atom is 0.220 e. The second-order valence-corrected chi connectivity index (χ2v) is 5.64. The summed E-state index contributed by atoms with van der Waals surface area (Å²) in [4.78, 5) is 15.8. The van der Waals surface area contributed by atoms with Gasteiger partial charge in [-0.2, -0.15) is 0 Å². The predicted octanol–water partition coefficient (Wildman–Crippen LogP) is 2.38. The van der Waals surface area contributed by atoms with Crippen molar-refractivity contribution in [1.82, 2.24) is 15.6 Å². The predicted molar refractivity (Wildman–Crippen MR) is 83.8 cm³/mol. The Balaban J connectivity index is 1.43. The van der Waals surface area contributed by atoms with E-state index in [0.29, 0.717) is 12.5 Å². The fourth-order valence-corrected chi connectivity index (χ4v) is 2.44. The number of nitrogens with one attached hydrogen (secondary N) is 2. The molecule has 1 amide bonds. The Morgan fingerprint density at radius 2 is 2.10 bits per heavy atom. The first-order valence-electron chi connectivity index (χ1n) is 7.64. The Bertz CT molecular complexity index is 617. The lowest BCUT2D eigenvalue weighted by Gasteiger charge is -2.08. The number of benzene rings is 1. The molecule has 1 aliphatic carbocycles. The summed E-state index contributed by atoms with van der Waals surface area (Å²) in [5.41, 5.74) is 1.20. The molecule has 2 N–H and O–H groups in total. The zero-order chi connectivity index (χ0) is 14.5. The van der Waals surface area contributed by atoms with Gasteiger partial charge in [0.1, 0.15) is 0 Å². The van der Waals surface area contributed by atoms with Crippen molar-refractivity contribution >= 4 is 16.7 Å². The van der Waals surface area contributed by atoms with E-state index in [1.807, 2.05) is 24.5 Å². The van der Waals surface area contributed by atoms with Crippen molar-refractivity contribution in [3.8, 4) is 0 Å². The minimum atomic E-state index is 0.186. The van der Waals surface area contributed by atoms with Crippen LogP contribution in [0.3, 0.4) is 0 Å². The molecule has 21 heavy (non-hydrogen) atoms. The van der Waals surface area contributed by atoms with Crippen molar-refractivity contribution in [3.63, 3.8) is 0 Å². The number of amides is 1. The van der Waals surface area contributed by atoms with Gasteiger partial charge in [0.15, 0.2) is 0 Å². The summed E-state index contributed by atoms with van der Waals surface area (Å²) in [6, 6.07) is 8.74. The van der Waals surface area contributed by atoms with Gasteiger partial charge in [-0.05, 0) is 36.8 Å². The highest BCUT2D eigenvalue weighted by Crippen LogP contribution is 2.18. The van der Waals surface area contributed by atoms with E-state index in [4.69, 9.17) is 0 Å². The van der Waals surface area contributed by atoms with Gasteiger partial charge in [-0.3, -0.25) is 9.78 Å². The van der Waals surface area contributed by atoms with E-state index >= 15 is 0 Å². The normalized spacial score (nSPS) is 14.3. The van der Waals surface area contributed by atoms with E-state index in [2.05, 4.69) is 27.8 Å². The molecule has 1 aromatic heterocycles. The van der Waals surface area contributed by atoms with Gasteiger partial charge in [-0.15, -0.1) is 0 Å². The summed E-state index contributed by atoms with van der Waals surface area (Å²) in [5, 5.41) is 8.82. The largest absolute Gasteiger partial charge is 0.353 e. The molecule has 2 aromatic rings. The number of pyridine rings is 1. The maximum atomic E-state index is 11.6. The zero-order valence-corrected chi connectivity index (χ0v) is 12.1. The third-order valence-electron chi connectivity index (χ3n) is 3.77. The molecule has 0 bridgehead atoms. The van der Waals surface area contributed by atoms with Crippen LogP contribution in [0.25, 0.3) is 10.8 Å². The van der Waals surface area contributed by atoms with Crippen LogP contribution in [0.5, 0.6) is 0 Å². The fourth-order valence-electron chi connectivity index (χ4n) is 2.44. The van der Waals surface area contributed by atoms with E-state index in [0.717, 1.165) is 32.4 Å². The molecule has 0 aliphatic heterocycles. The molecule has 1 fully saturated rings. The molecular weight excluding hydrogens is 262 g/mol. The van der Waals surface area contributed by atoms with Crippen molar-refractivity contribution in [2.24, 2.45) is 0 Å². The van der Waals surface area contributed by atoms with Gasteiger partial charge in [-0.1, -0.05) is 24.3 Å². The average Bonchev–Trinajstić information content (AvgIpc) is 3.31. The summed E-state index contributed by atoms with van der Waals surface area (Å²) >= 11 is 0. The average molecular weight is 283 g/mol. The maximum absolute atomic E-state index is 11.6. The van der Waals surface area contributed by atoms with E-state index in [-0.39, 0.29) is 5.91 Å². The van der Waals surface area contributed by atoms with Crippen LogP contribution < -0.4 is 10.6 Å². The van der Waals surface area contributed by atoms with Crippen molar-refractivity contribution in [3.05, 3.63) is 42.2 Å². The molecule has 1 aromatic carbocycles. The molecule has 0 saturated heterocycles. The number of carbonyl (C=O) groups excluding carboxylic acids is 1. The summed E-state index contributed by atoms with van der Waals surface area (Å²) in [7, 11) is 0. The van der Waals surface area contributed by atoms with Crippen LogP contribution >= 0.6 is 0 Å². The Morgan fingerprint density at radius 1 is 1.24 bits per heavy atom.